The van der Waals surface area contributed by atoms with Crippen LogP contribution in [-0.4, -0.2) is 244 Å². The van der Waals surface area contributed by atoms with Gasteiger partial charge in [0, 0.05) is 0 Å². The molecule has 0 aliphatic rings. The van der Waals surface area contributed by atoms with Crippen molar-refractivity contribution < 1.29 is 120 Å². The summed E-state index contributed by atoms with van der Waals surface area (Å²) >= 11 is 0. The van der Waals surface area contributed by atoms with Crippen molar-refractivity contribution >= 4 is 162 Å². The summed E-state index contributed by atoms with van der Waals surface area (Å²) in [4.78, 5) is 68.4. The number of hydrogen-bond donors (Lipinski definition) is 16. The quantitative estimate of drug-likeness (QED) is 0.144. The molecule has 0 radical (unpaired) electrons. The molecule has 0 bridgehead atoms. The summed E-state index contributed by atoms with van der Waals surface area (Å²) in [6.45, 7) is 0. The van der Waals surface area contributed by atoms with Gasteiger partial charge < -0.3 is 81.7 Å². The first kappa shape index (κ1) is 69.8. The summed E-state index contributed by atoms with van der Waals surface area (Å²) in [5.74, 6) is 0. The molecule has 0 aromatic carbocycles. The molecule has 24 nitrogen and oxygen atoms in total. The van der Waals surface area contributed by atoms with Gasteiger partial charge in [-0.1, -0.05) is 0 Å². The van der Waals surface area contributed by atoms with E-state index in [0.717, 1.165) is 0 Å². The SMILES string of the molecule is O=C(O)O.O=C(O)O.O=C(O)O.O=C(O)O.O=C(O)O.O=C(O)O.O=C(O)O.O=C(O)O.[CaH2].[CaH2].[CaH2]. The molecule has 0 aliphatic carbocycles. The Labute approximate surface area is 279 Å². The number of rotatable bonds is 0. The summed E-state index contributed by atoms with van der Waals surface area (Å²) in [6.07, 6.45) is -14.7. The van der Waals surface area contributed by atoms with Crippen LogP contribution in [0.3, 0.4) is 0 Å². The van der Waals surface area contributed by atoms with E-state index in [4.69, 9.17) is 120 Å². The molecule has 0 saturated carbocycles. The summed E-state index contributed by atoms with van der Waals surface area (Å²) in [5.41, 5.74) is 0. The van der Waals surface area contributed by atoms with Crippen molar-refractivity contribution in [1.29, 1.82) is 0 Å². The zero-order valence-electron chi connectivity index (χ0n) is 14.4. The summed E-state index contributed by atoms with van der Waals surface area (Å²) in [7, 11) is 0. The Bertz CT molecular complexity index is 369. The van der Waals surface area contributed by atoms with Crippen LogP contribution in [0.1, 0.15) is 0 Å². The van der Waals surface area contributed by atoms with Gasteiger partial charge in [0.2, 0.25) is 0 Å². The fraction of sp³-hybridized carbons (Fsp3) is 0. The van der Waals surface area contributed by atoms with Crippen LogP contribution in [0.15, 0.2) is 0 Å². The molecule has 0 saturated heterocycles. The van der Waals surface area contributed by atoms with E-state index in [0.29, 0.717) is 0 Å². The van der Waals surface area contributed by atoms with Crippen LogP contribution in [-0.2, 0) is 0 Å². The number of carbonyl (C=O) groups is 8. The van der Waals surface area contributed by atoms with E-state index in [1.807, 2.05) is 0 Å². The average molecular weight is 622 g/mol. The maximum atomic E-state index is 8.56. The molecule has 0 heterocycles. The third kappa shape index (κ3) is 6740. The Morgan fingerprint density at radius 2 is 0.200 bits per heavy atom. The summed E-state index contributed by atoms with van der Waals surface area (Å²) in [5, 5.41) is 112. The van der Waals surface area contributed by atoms with Gasteiger partial charge >= 0.3 is 162 Å². The second kappa shape index (κ2) is 63.5. The van der Waals surface area contributed by atoms with E-state index < -0.39 is 49.2 Å². The summed E-state index contributed by atoms with van der Waals surface area (Å²) < 4.78 is 0. The third-order valence-corrected chi connectivity index (χ3v) is 0. The van der Waals surface area contributed by atoms with Gasteiger partial charge in [0.05, 0.1) is 0 Å². The van der Waals surface area contributed by atoms with E-state index in [9.17, 15) is 0 Å². The molecule has 0 rings (SSSR count). The van der Waals surface area contributed by atoms with E-state index in [-0.39, 0.29) is 113 Å². The molecule has 0 atom stereocenters. The molecule has 0 aliphatic heterocycles. The van der Waals surface area contributed by atoms with Crippen LogP contribution in [0.5, 0.6) is 0 Å². The molecule has 35 heavy (non-hydrogen) atoms. The van der Waals surface area contributed by atoms with E-state index in [1.54, 1.807) is 0 Å². The first-order valence-corrected chi connectivity index (χ1v) is 5.21. The van der Waals surface area contributed by atoms with Crippen molar-refractivity contribution in [3.05, 3.63) is 0 Å². The molecule has 0 fully saturated rings. The van der Waals surface area contributed by atoms with Crippen molar-refractivity contribution in [3.8, 4) is 0 Å². The molecule has 0 unspecified atom stereocenters. The first-order valence-electron chi connectivity index (χ1n) is 5.21. The van der Waals surface area contributed by atoms with Gasteiger partial charge in [-0.3, -0.25) is 0 Å². The molecule has 0 aromatic heterocycles. The number of hydrogen-bond acceptors (Lipinski definition) is 8. The van der Waals surface area contributed by atoms with Crippen LogP contribution in [0.2, 0.25) is 0 Å². The normalized spacial score (nSPS) is 5.49. The molecule has 204 valence electrons. The monoisotopic (exact) mass is 622 g/mol. The Balaban J connectivity index is -0.0000000206. The fourth-order valence-electron chi connectivity index (χ4n) is 0. The molecule has 27 heteroatoms. The van der Waals surface area contributed by atoms with Gasteiger partial charge in [0.25, 0.3) is 0 Å². The molecule has 0 aromatic rings. The standard InChI is InChI=1S/8CH2O3.3Ca.6H/c8*2-1(3)4;;;;;;;;;/h8*(H2,2,3,4);;;;;;;;;. The van der Waals surface area contributed by atoms with Crippen LogP contribution >= 0.6 is 0 Å². The third-order valence-electron chi connectivity index (χ3n) is 0. The molecular weight excluding hydrogens is 600 g/mol. The predicted octanol–water partition coefficient (Wildman–Crippen LogP) is -0.969. The van der Waals surface area contributed by atoms with Gasteiger partial charge in [-0.15, -0.1) is 0 Å². The van der Waals surface area contributed by atoms with E-state index in [2.05, 4.69) is 0 Å². The molecule has 16 N–H and O–H groups in total. The first-order chi connectivity index (χ1) is 13.9. The second-order valence-corrected chi connectivity index (χ2v) is 2.26. The van der Waals surface area contributed by atoms with Gasteiger partial charge in [-0.2, -0.15) is 0 Å². The Hall–Kier alpha value is -2.06. The second-order valence-electron chi connectivity index (χ2n) is 2.26. The Morgan fingerprint density at radius 1 is 0.200 bits per heavy atom. The van der Waals surface area contributed by atoms with Crippen LogP contribution < -0.4 is 0 Å². The zero-order valence-corrected chi connectivity index (χ0v) is 14.4. The Kier molecular flexibility index (Phi) is 127. The van der Waals surface area contributed by atoms with Crippen molar-refractivity contribution in [3.63, 3.8) is 0 Å². The van der Waals surface area contributed by atoms with Gasteiger partial charge in [0.15, 0.2) is 0 Å². The van der Waals surface area contributed by atoms with Gasteiger partial charge in [-0.05, 0) is 0 Å². The van der Waals surface area contributed by atoms with Crippen molar-refractivity contribution in [2.45, 2.75) is 0 Å². The average Bonchev–Trinajstić information content (AvgIpc) is 2.30. The van der Waals surface area contributed by atoms with Crippen molar-refractivity contribution in [2.75, 3.05) is 0 Å². The zero-order chi connectivity index (χ0) is 28.6. The van der Waals surface area contributed by atoms with Crippen molar-refractivity contribution in [2.24, 2.45) is 0 Å². The maximum absolute atomic E-state index is 8.56. The fourth-order valence-corrected chi connectivity index (χ4v) is 0. The summed E-state index contributed by atoms with van der Waals surface area (Å²) in [6, 6.07) is 0. The topological polar surface area (TPSA) is 460 Å². The van der Waals surface area contributed by atoms with Crippen molar-refractivity contribution in [1.82, 2.24) is 0 Å². The van der Waals surface area contributed by atoms with Gasteiger partial charge in [-0.25, -0.2) is 38.4 Å². The molecule has 0 amide bonds. The Morgan fingerprint density at radius 3 is 0.200 bits per heavy atom. The number of carboxylic acid groups (broad SMARTS) is 16. The van der Waals surface area contributed by atoms with E-state index in [1.165, 1.54) is 0 Å². The minimum absolute atomic E-state index is 0. The van der Waals surface area contributed by atoms with E-state index >= 15 is 0 Å². The van der Waals surface area contributed by atoms with Gasteiger partial charge in [0.1, 0.15) is 0 Å². The van der Waals surface area contributed by atoms with Crippen LogP contribution in [0, 0.1) is 0 Å². The molecule has 0 spiro atoms. The predicted molar refractivity (Wildman–Crippen MR) is 111 cm³/mol. The van der Waals surface area contributed by atoms with Crippen LogP contribution in [0.4, 0.5) is 38.4 Å². The minimum atomic E-state index is -1.83. The molecular formula is C8H22Ca3O24. The van der Waals surface area contributed by atoms with Crippen LogP contribution in [0.25, 0.3) is 0 Å².